The Morgan fingerprint density at radius 1 is 1.12 bits per heavy atom. The summed E-state index contributed by atoms with van der Waals surface area (Å²) in [6, 6.07) is 7.74. The van der Waals surface area contributed by atoms with Crippen LogP contribution in [-0.4, -0.2) is 5.11 Å². The van der Waals surface area contributed by atoms with E-state index in [1.54, 1.807) is 18.1 Å². The van der Waals surface area contributed by atoms with E-state index in [1.165, 1.54) is 37.7 Å². The van der Waals surface area contributed by atoms with Crippen molar-refractivity contribution in [3.8, 4) is 5.75 Å². The normalized spacial score (nSPS) is 22.2. The van der Waals surface area contributed by atoms with Crippen LogP contribution in [0.1, 0.15) is 50.5 Å². The van der Waals surface area contributed by atoms with Crippen molar-refractivity contribution in [2.24, 2.45) is 0 Å². The molecule has 0 aliphatic heterocycles. The summed E-state index contributed by atoms with van der Waals surface area (Å²) in [5, 5.41) is 9.25. The van der Waals surface area contributed by atoms with E-state index >= 15 is 0 Å². The van der Waals surface area contributed by atoms with Crippen LogP contribution in [-0.2, 0) is 32.7 Å². The van der Waals surface area contributed by atoms with E-state index in [4.69, 9.17) is 0 Å². The van der Waals surface area contributed by atoms with Gasteiger partial charge in [0.05, 0.1) is 0 Å². The third kappa shape index (κ3) is 3.85. The van der Waals surface area contributed by atoms with Crippen LogP contribution in [0.25, 0.3) is 0 Å². The molecule has 1 fully saturated rings. The van der Waals surface area contributed by atoms with Gasteiger partial charge < -0.3 is 11.0 Å². The minimum absolute atomic E-state index is 0. The summed E-state index contributed by atoms with van der Waals surface area (Å²) in [6.45, 7) is 2.28. The minimum atomic E-state index is 0. The van der Waals surface area contributed by atoms with Gasteiger partial charge in [-0.15, -0.1) is 0 Å². The number of phenolic OH excluding ortho intramolecular Hbond substituents is 1. The Kier molecular flexibility index (Phi) is 5.99. The molecule has 2 heteroatoms. The largest absolute Gasteiger partial charge is 0.508 e. The van der Waals surface area contributed by atoms with Crippen molar-refractivity contribution in [1.82, 2.24) is 0 Å². The summed E-state index contributed by atoms with van der Waals surface area (Å²) in [5.74, 6) is 2.72. The fraction of sp³-hybridized carbons (Fsp3) is 0.500. The first-order valence-electron chi connectivity index (χ1n) is 5.86. The van der Waals surface area contributed by atoms with Gasteiger partial charge in [-0.25, -0.2) is 0 Å². The zero-order chi connectivity index (χ0) is 10.7. The molecule has 1 aromatic carbocycles. The van der Waals surface area contributed by atoms with E-state index < -0.39 is 0 Å². The van der Waals surface area contributed by atoms with Gasteiger partial charge in [0.25, 0.3) is 0 Å². The number of hydrogen-bond acceptors (Lipinski definition) is 1. The Bertz CT molecular complexity index is 307. The predicted octanol–water partition coefficient (Wildman–Crippen LogP) is 4.03. The first-order valence-corrected chi connectivity index (χ1v) is 5.86. The van der Waals surface area contributed by atoms with Crippen molar-refractivity contribution in [2.45, 2.75) is 44.9 Å². The van der Waals surface area contributed by atoms with Crippen LogP contribution in [0.15, 0.2) is 24.3 Å². The van der Waals surface area contributed by atoms with Crippen LogP contribution in [0.3, 0.4) is 0 Å². The number of phenols is 1. The third-order valence-electron chi connectivity index (χ3n) is 3.44. The van der Waals surface area contributed by atoms with E-state index in [1.807, 2.05) is 0 Å². The molecule has 1 aliphatic rings. The Balaban J connectivity index is 0.00000128. The molecule has 1 aromatic rings. The minimum Gasteiger partial charge on any atom is -0.508 e. The Morgan fingerprint density at radius 2 is 1.81 bits per heavy atom. The van der Waals surface area contributed by atoms with Crippen LogP contribution >= 0.6 is 0 Å². The van der Waals surface area contributed by atoms with Crippen molar-refractivity contribution in [2.75, 3.05) is 0 Å². The molecule has 1 unspecified atom stereocenters. The number of benzene rings is 1. The van der Waals surface area contributed by atoms with Gasteiger partial charge in [0.1, 0.15) is 5.75 Å². The summed E-state index contributed by atoms with van der Waals surface area (Å²) < 4.78 is 0. The van der Waals surface area contributed by atoms with Crippen molar-refractivity contribution < 1.29 is 37.8 Å². The number of hydrogen-bond donors (Lipinski definition) is 1. The Labute approximate surface area is 124 Å². The van der Waals surface area contributed by atoms with E-state index in [9.17, 15) is 5.11 Å². The van der Waals surface area contributed by atoms with Gasteiger partial charge in [-0.05, 0) is 30.0 Å². The van der Waals surface area contributed by atoms with Gasteiger partial charge in [0.2, 0.25) is 0 Å². The molecule has 1 N–H and O–H groups in total. The van der Waals surface area contributed by atoms with Crippen LogP contribution < -0.4 is 0 Å². The van der Waals surface area contributed by atoms with Crippen LogP contribution in [0.2, 0.25) is 0 Å². The summed E-state index contributed by atoms with van der Waals surface area (Å²) in [6.07, 6.45) is 6.45. The summed E-state index contributed by atoms with van der Waals surface area (Å²) in [7, 11) is 0. The van der Waals surface area contributed by atoms with E-state index in [2.05, 4.69) is 19.1 Å². The molecule has 0 amide bonds. The molecular formula is C14H19OY-. The average Bonchev–Trinajstić information content (AvgIpc) is 2.44. The van der Waals surface area contributed by atoms with Crippen molar-refractivity contribution in [3.05, 3.63) is 35.7 Å². The molecule has 85 valence electrons. The van der Waals surface area contributed by atoms with Crippen molar-refractivity contribution >= 4 is 0 Å². The predicted molar refractivity (Wildman–Crippen MR) is 62.8 cm³/mol. The second kappa shape index (κ2) is 6.76. The van der Waals surface area contributed by atoms with Crippen LogP contribution in [0.4, 0.5) is 0 Å². The van der Waals surface area contributed by atoms with E-state index in [0.29, 0.717) is 11.7 Å². The zero-order valence-electron chi connectivity index (χ0n) is 9.95. The fourth-order valence-corrected chi connectivity index (χ4v) is 2.42. The number of aromatic hydroxyl groups is 1. The maximum atomic E-state index is 9.25. The van der Waals surface area contributed by atoms with Gasteiger partial charge >= 0.3 is 0 Å². The second-order valence-electron chi connectivity index (χ2n) is 4.68. The molecule has 1 atom stereocenters. The van der Waals surface area contributed by atoms with Crippen molar-refractivity contribution in [1.29, 1.82) is 0 Å². The van der Waals surface area contributed by atoms with Gasteiger partial charge in [0.15, 0.2) is 0 Å². The smallest absolute Gasteiger partial charge is 0.115 e. The van der Waals surface area contributed by atoms with E-state index in [-0.39, 0.29) is 32.7 Å². The standard InChI is InChI=1S/C14H19O.Y/c1-11-3-2-4-12(6-5-11)13-7-9-14(15)10-8-13;/h7-10,12,15H,2-6H2,1H3;/q-1;. The maximum Gasteiger partial charge on any atom is 0.115 e. The van der Waals surface area contributed by atoms with Crippen LogP contribution in [0.5, 0.6) is 5.75 Å². The molecule has 1 radical (unpaired) electrons. The quantitative estimate of drug-likeness (QED) is 0.612. The molecule has 0 aromatic heterocycles. The molecule has 0 heterocycles. The van der Waals surface area contributed by atoms with Gasteiger partial charge in [-0.1, -0.05) is 25.0 Å². The topological polar surface area (TPSA) is 20.2 Å². The summed E-state index contributed by atoms with van der Waals surface area (Å²) >= 11 is 0. The maximum absolute atomic E-state index is 9.25. The molecule has 2 rings (SSSR count). The molecule has 1 saturated carbocycles. The SMILES string of the molecule is C[C-]1CCCC(c2ccc(O)cc2)CC1.[Y]. The summed E-state index contributed by atoms with van der Waals surface area (Å²) in [5.41, 5.74) is 1.39. The molecular weight excluding hydrogens is 273 g/mol. The van der Waals surface area contributed by atoms with Gasteiger partial charge in [0, 0.05) is 32.7 Å². The Morgan fingerprint density at radius 3 is 2.50 bits per heavy atom. The second-order valence-corrected chi connectivity index (χ2v) is 4.68. The van der Waals surface area contributed by atoms with E-state index in [0.717, 1.165) is 0 Å². The molecule has 1 nitrogen and oxygen atoms in total. The molecule has 16 heavy (non-hydrogen) atoms. The number of rotatable bonds is 1. The molecule has 0 saturated heterocycles. The average molecular weight is 292 g/mol. The molecule has 1 aliphatic carbocycles. The van der Waals surface area contributed by atoms with Gasteiger partial charge in [-0.3, -0.25) is 0 Å². The van der Waals surface area contributed by atoms with Crippen molar-refractivity contribution in [3.63, 3.8) is 0 Å². The van der Waals surface area contributed by atoms with Gasteiger partial charge in [-0.2, -0.15) is 19.8 Å². The monoisotopic (exact) mass is 292 g/mol. The first kappa shape index (κ1) is 14.2. The molecule has 0 bridgehead atoms. The summed E-state index contributed by atoms with van der Waals surface area (Å²) in [4.78, 5) is 0. The first-order chi connectivity index (χ1) is 7.25. The van der Waals surface area contributed by atoms with Crippen LogP contribution in [0, 0.1) is 5.92 Å². The third-order valence-corrected chi connectivity index (χ3v) is 3.44. The molecule has 0 spiro atoms. The Hall–Kier alpha value is 0.124. The zero-order valence-corrected chi connectivity index (χ0v) is 12.8. The fourth-order valence-electron chi connectivity index (χ4n) is 2.42.